The topological polar surface area (TPSA) is 162 Å². The number of fused-ring (bicyclic) bond motifs is 16. The molecule has 1 aliphatic carbocycles. The fraction of sp³-hybridized carbons (Fsp3) is 0.600. The molecule has 0 saturated carbocycles. The molecule has 0 amide bonds. The summed E-state index contributed by atoms with van der Waals surface area (Å²) in [7, 11) is 0. The third kappa shape index (κ3) is 30.1. The van der Waals surface area contributed by atoms with Crippen molar-refractivity contribution in [2.45, 2.75) is 466 Å². The molecule has 8 N–H and O–H groups in total. The second kappa shape index (κ2) is 53.6. The quantitative estimate of drug-likeness (QED) is 0.0175. The average molecular weight is 1750 g/mol. The summed E-state index contributed by atoms with van der Waals surface area (Å²) in [6, 6.07) is 35.1. The Bertz CT molecular complexity index is 3640. The molecule has 8 aromatic carbocycles. The van der Waals surface area contributed by atoms with Crippen molar-refractivity contribution >= 4 is 0 Å². The summed E-state index contributed by atoms with van der Waals surface area (Å²) >= 11 is 0. The van der Waals surface area contributed by atoms with Crippen LogP contribution in [0.15, 0.2) is 97.1 Å². The highest BCUT2D eigenvalue weighted by molar-refractivity contribution is 5.61. The molecule has 8 aromatic rings. The molecule has 8 unspecified atom stereocenters. The summed E-state index contributed by atoms with van der Waals surface area (Å²) in [5, 5.41) is 108. The maximum atomic E-state index is 13.4. The summed E-state index contributed by atoms with van der Waals surface area (Å²) in [5.74, 6) is 2.40. The molecule has 8 atom stereocenters. The first-order valence-corrected chi connectivity index (χ1v) is 52.5. The molecule has 0 radical (unpaired) electrons. The number of unbranched alkanes of at least 4 members (excludes halogenated alkanes) is 24. The molecular weight excluding hydrogens is 1570 g/mol. The van der Waals surface area contributed by atoms with Crippen molar-refractivity contribution < 1.29 is 40.9 Å². The standard InChI is InChI=1S/C120H176O8/c1-17-25-33-41-49-81(9)89-57-97-73-99-59-90(82(10)50-42-34-26-18-2)61-101(114(99)122)75-103-63-92(84(12)52-44-36-28-20-4)65-105(116(103)124)77-107-67-94(86(14)54-46-38-30-22-6)69-109(118(107)126)79-111-71-96(88(16)56-48-40-32-24-8)72-112(120(111)128)80-110-70-95(87(15)55-47-39-31-23-7)68-108(119(110)127)78-106-66-93(85(13)53-45-37-29-21-5)64-104(117(106)125)76-102-62-91(83(11)51-43-35-27-19-3)60-100(115(102)123)74-98(58-89)113(97)121/h57-72,81-88,121-128H,17-56,73-80H2,1-16H3. The number of hydrogen-bond donors (Lipinski definition) is 8. The molecule has 1 aliphatic rings. The monoisotopic (exact) mass is 1750 g/mol. The van der Waals surface area contributed by atoms with Gasteiger partial charge in [0.2, 0.25) is 0 Å². The third-order valence-electron chi connectivity index (χ3n) is 29.8. The molecule has 8 nitrogen and oxygen atoms in total. The van der Waals surface area contributed by atoms with E-state index < -0.39 is 0 Å². The van der Waals surface area contributed by atoms with Crippen LogP contribution in [0.2, 0.25) is 0 Å². The SMILES string of the molecule is CCCCCCC(C)c1cc2c(O)c(c1)Cc1cc(C(C)CCCCCC)cc(c1O)Cc1cc(C(C)CCCCCC)cc(c1O)Cc1cc(C(C)CCCCCC)cc(c1O)Cc1cc(C(C)CCCCCC)cc(c1O)Cc1cc(C(C)CCCCCC)cc(c1O)Cc1cc(C(C)CCCCCC)cc(c1O)Cc1cc(C(C)CCCCCC)cc(c1O)C2. The van der Waals surface area contributed by atoms with Gasteiger partial charge in [0, 0.05) is 51.4 Å². The highest BCUT2D eigenvalue weighted by atomic mass is 16.3. The van der Waals surface area contributed by atoms with Crippen molar-refractivity contribution in [2.24, 2.45) is 0 Å². The molecule has 704 valence electrons. The lowest BCUT2D eigenvalue weighted by Gasteiger charge is -2.23. The van der Waals surface area contributed by atoms with E-state index in [2.05, 4.69) is 208 Å². The van der Waals surface area contributed by atoms with Crippen LogP contribution in [-0.2, 0) is 51.4 Å². The maximum Gasteiger partial charge on any atom is 0.122 e. The second-order valence-corrected chi connectivity index (χ2v) is 40.9. The van der Waals surface area contributed by atoms with Gasteiger partial charge in [-0.3, -0.25) is 0 Å². The predicted octanol–water partition coefficient (Wildman–Crippen LogP) is 35.0. The van der Waals surface area contributed by atoms with Gasteiger partial charge in [0.25, 0.3) is 0 Å². The first-order chi connectivity index (χ1) is 61.8. The van der Waals surface area contributed by atoms with Crippen molar-refractivity contribution in [3.05, 3.63) is 231 Å². The van der Waals surface area contributed by atoms with E-state index in [0.717, 1.165) is 339 Å². The smallest absolute Gasteiger partial charge is 0.122 e. The number of phenolic OH excluding ortho intramolecular Hbond substituents is 8. The van der Waals surface area contributed by atoms with E-state index in [-0.39, 0.29) is 145 Å². The minimum absolute atomic E-state index is 0.146. The molecule has 0 aromatic heterocycles. The molecule has 0 heterocycles. The third-order valence-corrected chi connectivity index (χ3v) is 29.8. The molecule has 128 heavy (non-hydrogen) atoms. The fourth-order valence-electron chi connectivity index (χ4n) is 20.7. The van der Waals surface area contributed by atoms with Crippen LogP contribution in [0.4, 0.5) is 0 Å². The minimum atomic E-state index is 0.146. The van der Waals surface area contributed by atoms with Crippen molar-refractivity contribution in [1.82, 2.24) is 0 Å². The largest absolute Gasteiger partial charge is 0.507 e. The Morgan fingerprint density at radius 1 is 0.148 bits per heavy atom. The Hall–Kier alpha value is -7.84. The van der Waals surface area contributed by atoms with Gasteiger partial charge in [-0.1, -0.05) is 413 Å². The Balaban J connectivity index is 1.37. The normalized spacial score (nSPS) is 14.6. The number of hydrogen-bond acceptors (Lipinski definition) is 8. The highest BCUT2D eigenvalue weighted by Gasteiger charge is 2.29. The molecule has 0 fully saturated rings. The Kier molecular flexibility index (Phi) is 43.5. The highest BCUT2D eigenvalue weighted by Crippen LogP contribution is 2.48. The van der Waals surface area contributed by atoms with Crippen LogP contribution in [0.1, 0.15) is 548 Å². The van der Waals surface area contributed by atoms with Crippen molar-refractivity contribution in [2.75, 3.05) is 0 Å². The van der Waals surface area contributed by atoms with Crippen LogP contribution in [0.5, 0.6) is 46.0 Å². The van der Waals surface area contributed by atoms with E-state index in [9.17, 15) is 40.9 Å². The van der Waals surface area contributed by atoms with Crippen LogP contribution >= 0.6 is 0 Å². The van der Waals surface area contributed by atoms with Gasteiger partial charge < -0.3 is 40.9 Å². The molecule has 0 spiro atoms. The minimum Gasteiger partial charge on any atom is -0.507 e. The van der Waals surface area contributed by atoms with E-state index >= 15 is 0 Å². The Labute approximate surface area is 778 Å². The lowest BCUT2D eigenvalue weighted by atomic mass is 9.83. The number of phenols is 8. The van der Waals surface area contributed by atoms with Gasteiger partial charge in [0.1, 0.15) is 46.0 Å². The summed E-state index contributed by atoms with van der Waals surface area (Å²) in [6.45, 7) is 36.6. The van der Waals surface area contributed by atoms with Gasteiger partial charge in [0.05, 0.1) is 0 Å². The molecular formula is C120H176O8. The van der Waals surface area contributed by atoms with Crippen LogP contribution in [0.3, 0.4) is 0 Å². The molecule has 0 saturated heterocycles. The lowest BCUT2D eigenvalue weighted by Crippen LogP contribution is -2.06. The van der Waals surface area contributed by atoms with Crippen LogP contribution in [0, 0.1) is 0 Å². The first-order valence-electron chi connectivity index (χ1n) is 52.5. The number of benzene rings is 8. The van der Waals surface area contributed by atoms with Gasteiger partial charge in [-0.05, 0) is 232 Å². The first kappa shape index (κ1) is 104. The van der Waals surface area contributed by atoms with Gasteiger partial charge in [-0.25, -0.2) is 0 Å². The van der Waals surface area contributed by atoms with Gasteiger partial charge in [-0.2, -0.15) is 0 Å². The van der Waals surface area contributed by atoms with E-state index in [1.807, 2.05) is 0 Å². The Morgan fingerprint density at radius 2 is 0.234 bits per heavy atom. The van der Waals surface area contributed by atoms with Gasteiger partial charge in [0.15, 0.2) is 0 Å². The van der Waals surface area contributed by atoms with E-state index in [1.165, 1.54) is 51.4 Å². The summed E-state index contributed by atoms with van der Waals surface area (Å²) in [6.07, 6.45) is 45.9. The summed E-state index contributed by atoms with van der Waals surface area (Å²) in [5.41, 5.74) is 20.5. The zero-order valence-corrected chi connectivity index (χ0v) is 83.4. The Morgan fingerprint density at radius 3 is 0.312 bits per heavy atom. The predicted molar refractivity (Wildman–Crippen MR) is 545 cm³/mol. The lowest BCUT2D eigenvalue weighted by molar-refractivity contribution is 0.451. The average Bonchev–Trinajstić information content (AvgIpc) is 0.793. The van der Waals surface area contributed by atoms with Gasteiger partial charge in [-0.15, -0.1) is 0 Å². The van der Waals surface area contributed by atoms with Crippen LogP contribution < -0.4 is 0 Å². The molecule has 0 aliphatic heterocycles. The zero-order chi connectivity index (χ0) is 92.3. The molecule has 8 heteroatoms. The van der Waals surface area contributed by atoms with Gasteiger partial charge >= 0.3 is 0 Å². The van der Waals surface area contributed by atoms with Crippen LogP contribution in [-0.4, -0.2) is 40.9 Å². The van der Waals surface area contributed by atoms with Crippen LogP contribution in [0.25, 0.3) is 0 Å². The van der Waals surface area contributed by atoms with Crippen molar-refractivity contribution in [3.63, 3.8) is 0 Å². The fourth-order valence-corrected chi connectivity index (χ4v) is 20.7. The molecule has 16 bridgehead atoms. The van der Waals surface area contributed by atoms with Crippen molar-refractivity contribution in [3.8, 4) is 46.0 Å². The summed E-state index contributed by atoms with van der Waals surface area (Å²) < 4.78 is 0. The van der Waals surface area contributed by atoms with E-state index in [1.54, 1.807) is 0 Å². The molecule has 9 rings (SSSR count). The number of aromatic hydroxyl groups is 8. The second-order valence-electron chi connectivity index (χ2n) is 40.9. The maximum absolute atomic E-state index is 13.4. The number of rotatable bonds is 48. The summed E-state index contributed by atoms with van der Waals surface area (Å²) in [4.78, 5) is 0. The van der Waals surface area contributed by atoms with E-state index in [0.29, 0.717) is 0 Å². The van der Waals surface area contributed by atoms with E-state index in [4.69, 9.17) is 0 Å². The zero-order valence-electron chi connectivity index (χ0n) is 83.4. The van der Waals surface area contributed by atoms with Crippen molar-refractivity contribution in [1.29, 1.82) is 0 Å².